The van der Waals surface area contributed by atoms with Crippen molar-refractivity contribution in [1.82, 2.24) is 10.2 Å². The second kappa shape index (κ2) is 12.6. The topological polar surface area (TPSA) is 58.6 Å². The summed E-state index contributed by atoms with van der Waals surface area (Å²) >= 11 is 7.55. The molecule has 5 nitrogen and oxygen atoms in total. The molecule has 0 saturated carbocycles. The van der Waals surface area contributed by atoms with E-state index in [1.807, 2.05) is 62.4 Å². The molecular formula is C24H31ClN2O3S. The molecule has 0 aliphatic carbocycles. The fourth-order valence-corrected chi connectivity index (χ4v) is 4.01. The number of amides is 2. The van der Waals surface area contributed by atoms with E-state index in [-0.39, 0.29) is 23.6 Å². The number of hydrogen-bond donors (Lipinski definition) is 1. The second-order valence-electron chi connectivity index (χ2n) is 7.49. The molecule has 0 bridgehead atoms. The van der Waals surface area contributed by atoms with Gasteiger partial charge in [0, 0.05) is 23.4 Å². The van der Waals surface area contributed by atoms with E-state index in [9.17, 15) is 9.59 Å². The highest BCUT2D eigenvalue weighted by molar-refractivity contribution is 7.99. The summed E-state index contributed by atoms with van der Waals surface area (Å²) in [4.78, 5) is 27.5. The lowest BCUT2D eigenvalue weighted by atomic mass is 10.1. The zero-order valence-corrected chi connectivity index (χ0v) is 20.1. The number of carbonyl (C=O) groups excluding carboxylic acids is 2. The van der Waals surface area contributed by atoms with Crippen LogP contribution in [0, 0.1) is 0 Å². The van der Waals surface area contributed by atoms with E-state index in [1.54, 1.807) is 18.9 Å². The predicted octanol–water partition coefficient (Wildman–Crippen LogP) is 4.91. The van der Waals surface area contributed by atoms with Crippen LogP contribution in [-0.4, -0.2) is 41.7 Å². The maximum absolute atomic E-state index is 13.1. The van der Waals surface area contributed by atoms with Crippen molar-refractivity contribution in [3.8, 4) is 5.75 Å². The molecule has 0 aliphatic rings. The van der Waals surface area contributed by atoms with Gasteiger partial charge in [-0.05, 0) is 55.7 Å². The lowest BCUT2D eigenvalue weighted by molar-refractivity contribution is -0.138. The van der Waals surface area contributed by atoms with Crippen LogP contribution in [0.1, 0.15) is 38.3 Å². The molecular weight excluding hydrogens is 432 g/mol. The van der Waals surface area contributed by atoms with Crippen LogP contribution in [0.4, 0.5) is 0 Å². The number of methoxy groups -OCH3 is 1. The van der Waals surface area contributed by atoms with Gasteiger partial charge in [0.25, 0.3) is 0 Å². The van der Waals surface area contributed by atoms with Crippen LogP contribution in [0.5, 0.6) is 5.75 Å². The maximum Gasteiger partial charge on any atom is 0.242 e. The Balaban J connectivity index is 2.08. The van der Waals surface area contributed by atoms with Gasteiger partial charge in [0.05, 0.1) is 12.9 Å². The first-order valence-electron chi connectivity index (χ1n) is 10.4. The Morgan fingerprint density at radius 3 is 2.45 bits per heavy atom. The Bertz CT molecular complexity index is 860. The quantitative estimate of drug-likeness (QED) is 0.515. The minimum atomic E-state index is -0.574. The summed E-state index contributed by atoms with van der Waals surface area (Å²) in [6.45, 7) is 6.11. The van der Waals surface area contributed by atoms with Gasteiger partial charge in [-0.2, -0.15) is 0 Å². The van der Waals surface area contributed by atoms with E-state index in [4.69, 9.17) is 16.3 Å². The summed E-state index contributed by atoms with van der Waals surface area (Å²) in [5.41, 5.74) is 2.01. The van der Waals surface area contributed by atoms with Crippen LogP contribution in [0.25, 0.3) is 0 Å². The van der Waals surface area contributed by atoms with Gasteiger partial charge in [-0.25, -0.2) is 0 Å². The number of nitrogens with one attached hydrogen (secondary N) is 1. The van der Waals surface area contributed by atoms with Gasteiger partial charge in [0.2, 0.25) is 11.8 Å². The first kappa shape index (κ1) is 25.1. The normalized spacial score (nSPS) is 12.7. The molecule has 168 valence electrons. The lowest BCUT2D eigenvalue weighted by Gasteiger charge is -2.29. The highest BCUT2D eigenvalue weighted by Crippen LogP contribution is 2.19. The van der Waals surface area contributed by atoms with Gasteiger partial charge < -0.3 is 15.0 Å². The molecule has 0 fully saturated rings. The number of thioether (sulfide) groups is 1. The first-order valence-corrected chi connectivity index (χ1v) is 11.9. The largest absolute Gasteiger partial charge is 0.497 e. The Morgan fingerprint density at radius 1 is 1.13 bits per heavy atom. The molecule has 0 unspecified atom stereocenters. The highest BCUT2D eigenvalue weighted by Gasteiger charge is 2.26. The Hall–Kier alpha value is -2.18. The molecule has 31 heavy (non-hydrogen) atoms. The third-order valence-electron chi connectivity index (χ3n) is 5.06. The smallest absolute Gasteiger partial charge is 0.242 e. The fourth-order valence-electron chi connectivity index (χ4n) is 2.94. The van der Waals surface area contributed by atoms with Crippen LogP contribution in [0.2, 0.25) is 5.02 Å². The van der Waals surface area contributed by atoms with Crippen molar-refractivity contribution in [3.63, 3.8) is 0 Å². The maximum atomic E-state index is 13.1. The number of hydrogen-bond acceptors (Lipinski definition) is 4. The van der Waals surface area contributed by atoms with Crippen molar-refractivity contribution in [3.05, 3.63) is 64.7 Å². The summed E-state index contributed by atoms with van der Waals surface area (Å²) in [5, 5.41) is 3.66. The van der Waals surface area contributed by atoms with Crippen LogP contribution < -0.4 is 10.1 Å². The molecule has 2 amide bonds. The van der Waals surface area contributed by atoms with Crippen molar-refractivity contribution < 1.29 is 14.3 Å². The molecule has 1 N–H and O–H groups in total. The van der Waals surface area contributed by atoms with E-state index in [1.165, 1.54) is 11.8 Å². The molecule has 2 aromatic rings. The van der Waals surface area contributed by atoms with Crippen molar-refractivity contribution >= 4 is 35.2 Å². The van der Waals surface area contributed by atoms with Gasteiger partial charge in [-0.1, -0.05) is 42.8 Å². The van der Waals surface area contributed by atoms with Crippen molar-refractivity contribution in [2.45, 2.75) is 51.6 Å². The molecule has 0 heterocycles. The summed E-state index contributed by atoms with van der Waals surface area (Å²) in [6, 6.07) is 14.6. The minimum Gasteiger partial charge on any atom is -0.497 e. The van der Waals surface area contributed by atoms with Crippen molar-refractivity contribution in [2.24, 2.45) is 0 Å². The minimum absolute atomic E-state index is 0.0603. The SMILES string of the molecule is CC[C@@H](C)NC(=O)[C@@H](C)N(Cc1ccc(OC)cc1)C(=O)CSCc1cccc(Cl)c1. The Morgan fingerprint density at radius 2 is 1.84 bits per heavy atom. The molecule has 0 aromatic heterocycles. The molecule has 0 radical (unpaired) electrons. The average molecular weight is 463 g/mol. The number of halogens is 1. The van der Waals surface area contributed by atoms with Gasteiger partial charge in [0.15, 0.2) is 0 Å². The molecule has 2 rings (SSSR count). The van der Waals surface area contributed by atoms with E-state index in [2.05, 4.69) is 5.32 Å². The Kier molecular flexibility index (Phi) is 10.2. The standard InChI is InChI=1S/C24H31ClN2O3S/c1-5-17(2)26-24(29)18(3)27(14-19-9-11-22(30-4)12-10-19)23(28)16-31-15-20-7-6-8-21(25)13-20/h6-13,17-18H,5,14-16H2,1-4H3,(H,26,29)/t17-,18-/m1/s1. The van der Waals surface area contributed by atoms with E-state index < -0.39 is 6.04 Å². The summed E-state index contributed by atoms with van der Waals surface area (Å²) in [5.74, 6) is 1.49. The van der Waals surface area contributed by atoms with Gasteiger partial charge >= 0.3 is 0 Å². The summed E-state index contributed by atoms with van der Waals surface area (Å²) < 4.78 is 5.21. The second-order valence-corrected chi connectivity index (χ2v) is 8.91. The molecule has 7 heteroatoms. The highest BCUT2D eigenvalue weighted by atomic mass is 35.5. The van der Waals surface area contributed by atoms with E-state index in [0.29, 0.717) is 17.3 Å². The van der Waals surface area contributed by atoms with Gasteiger partial charge in [-0.3, -0.25) is 9.59 Å². The first-order chi connectivity index (χ1) is 14.8. The molecule has 0 aliphatic heterocycles. The fraction of sp³-hybridized carbons (Fsp3) is 0.417. The zero-order valence-electron chi connectivity index (χ0n) is 18.6. The molecule has 2 atom stereocenters. The summed E-state index contributed by atoms with van der Waals surface area (Å²) in [7, 11) is 1.61. The number of carbonyl (C=O) groups is 2. The van der Waals surface area contributed by atoms with Crippen molar-refractivity contribution in [1.29, 1.82) is 0 Å². The van der Waals surface area contributed by atoms with Gasteiger partial charge in [0.1, 0.15) is 11.8 Å². The lowest BCUT2D eigenvalue weighted by Crippen LogP contribution is -2.50. The van der Waals surface area contributed by atoms with Crippen LogP contribution >= 0.6 is 23.4 Å². The monoisotopic (exact) mass is 462 g/mol. The van der Waals surface area contributed by atoms with E-state index in [0.717, 1.165) is 23.3 Å². The molecule has 0 spiro atoms. The number of ether oxygens (including phenoxy) is 1. The average Bonchev–Trinajstić information content (AvgIpc) is 2.77. The van der Waals surface area contributed by atoms with Gasteiger partial charge in [-0.15, -0.1) is 11.8 Å². The van der Waals surface area contributed by atoms with Crippen molar-refractivity contribution in [2.75, 3.05) is 12.9 Å². The number of benzene rings is 2. The van der Waals surface area contributed by atoms with Crippen LogP contribution in [0.3, 0.4) is 0 Å². The third-order valence-corrected chi connectivity index (χ3v) is 6.29. The molecule has 2 aromatic carbocycles. The van der Waals surface area contributed by atoms with Crippen LogP contribution in [0.15, 0.2) is 48.5 Å². The summed E-state index contributed by atoms with van der Waals surface area (Å²) in [6.07, 6.45) is 0.834. The zero-order chi connectivity index (χ0) is 22.8. The Labute approximate surface area is 194 Å². The van der Waals surface area contributed by atoms with E-state index >= 15 is 0 Å². The predicted molar refractivity (Wildman–Crippen MR) is 129 cm³/mol. The molecule has 0 saturated heterocycles. The third kappa shape index (κ3) is 8.11. The number of nitrogens with zero attached hydrogens (tertiary/aromatic N) is 1. The van der Waals surface area contributed by atoms with Crippen LogP contribution in [-0.2, 0) is 21.9 Å². The number of rotatable bonds is 11.